The first-order chi connectivity index (χ1) is 10.4. The summed E-state index contributed by atoms with van der Waals surface area (Å²) in [6.45, 7) is 3.69. The Hall–Kier alpha value is -2.66. The molecule has 22 heavy (non-hydrogen) atoms. The highest BCUT2D eigenvalue weighted by Crippen LogP contribution is 2.31. The average Bonchev–Trinajstić information content (AvgIpc) is 2.49. The number of para-hydroxylation sites is 2. The maximum absolute atomic E-state index is 12.6. The number of fused-ring (bicyclic) bond motifs is 1. The molecule has 5 nitrogen and oxygen atoms in total. The predicted molar refractivity (Wildman–Crippen MR) is 83.9 cm³/mol. The predicted octanol–water partition coefficient (Wildman–Crippen LogP) is 2.24. The van der Waals surface area contributed by atoms with Crippen LogP contribution in [-0.4, -0.2) is 22.5 Å². The fraction of sp³-hybridized carbons (Fsp3) is 0.176. The largest absolute Gasteiger partial charge is 0.357 e. The molecular weight excluding hydrogens is 280 g/mol. The smallest absolute Gasteiger partial charge is 0.286 e. The first-order valence-electron chi connectivity index (χ1n) is 6.95. The van der Waals surface area contributed by atoms with Crippen LogP contribution in [0.1, 0.15) is 21.5 Å². The van der Waals surface area contributed by atoms with E-state index in [0.717, 1.165) is 11.1 Å². The maximum atomic E-state index is 12.6. The molecule has 1 aliphatic rings. The Balaban J connectivity index is 2.06. The van der Waals surface area contributed by atoms with Crippen molar-refractivity contribution in [1.82, 2.24) is 0 Å². The van der Waals surface area contributed by atoms with Crippen LogP contribution in [-0.2, 0) is 4.79 Å². The van der Waals surface area contributed by atoms with E-state index in [1.54, 1.807) is 24.3 Å². The standard InChI is InChI=1S/C17H16N2O3/c1-10-6-5-7-11(2)14(10)19-17(22)15(20)12-8-3-4-9-13(12)18-16(17)21/h3-9,19,22H,1-2H3,(H,18,21). The van der Waals surface area contributed by atoms with Gasteiger partial charge in [-0.3, -0.25) is 9.59 Å². The lowest BCUT2D eigenvalue weighted by atomic mass is 9.93. The quantitative estimate of drug-likeness (QED) is 0.586. The van der Waals surface area contributed by atoms with E-state index in [1.165, 1.54) is 0 Å². The van der Waals surface area contributed by atoms with Crippen molar-refractivity contribution in [2.24, 2.45) is 0 Å². The number of rotatable bonds is 2. The molecule has 0 saturated heterocycles. The summed E-state index contributed by atoms with van der Waals surface area (Å²) in [4.78, 5) is 24.9. The van der Waals surface area contributed by atoms with Crippen LogP contribution < -0.4 is 10.6 Å². The third-order valence-corrected chi connectivity index (χ3v) is 3.86. The number of hydrogen-bond donors (Lipinski definition) is 3. The van der Waals surface area contributed by atoms with Crippen molar-refractivity contribution in [3.05, 3.63) is 59.2 Å². The number of carbonyl (C=O) groups excluding carboxylic acids is 2. The van der Waals surface area contributed by atoms with Gasteiger partial charge < -0.3 is 15.7 Å². The minimum atomic E-state index is -2.31. The zero-order chi connectivity index (χ0) is 15.9. The fourth-order valence-corrected chi connectivity index (χ4v) is 2.61. The summed E-state index contributed by atoms with van der Waals surface area (Å²) in [7, 11) is 0. The molecule has 1 aliphatic heterocycles. The van der Waals surface area contributed by atoms with E-state index >= 15 is 0 Å². The minimum Gasteiger partial charge on any atom is -0.357 e. The number of aryl methyl sites for hydroxylation is 2. The van der Waals surface area contributed by atoms with Crippen molar-refractivity contribution in [3.8, 4) is 0 Å². The van der Waals surface area contributed by atoms with Crippen LogP contribution in [0.4, 0.5) is 11.4 Å². The number of aliphatic hydroxyl groups is 1. The number of benzene rings is 2. The molecule has 0 bridgehead atoms. The summed E-state index contributed by atoms with van der Waals surface area (Å²) >= 11 is 0. The molecular formula is C17H16N2O3. The molecule has 1 unspecified atom stereocenters. The number of Topliss-reactive ketones (excluding diaryl/α,β-unsaturated/α-hetero) is 1. The van der Waals surface area contributed by atoms with Crippen LogP contribution in [0.2, 0.25) is 0 Å². The van der Waals surface area contributed by atoms with Crippen molar-refractivity contribution in [2.45, 2.75) is 19.6 Å². The van der Waals surface area contributed by atoms with E-state index in [4.69, 9.17) is 0 Å². The first kappa shape index (κ1) is 14.3. The molecule has 5 heteroatoms. The molecule has 0 fully saturated rings. The van der Waals surface area contributed by atoms with Crippen molar-refractivity contribution < 1.29 is 14.7 Å². The molecule has 0 spiro atoms. The molecule has 2 aromatic carbocycles. The highest BCUT2D eigenvalue weighted by atomic mass is 16.3. The molecule has 3 N–H and O–H groups in total. The maximum Gasteiger partial charge on any atom is 0.286 e. The monoisotopic (exact) mass is 296 g/mol. The second-order valence-corrected chi connectivity index (χ2v) is 5.43. The molecule has 1 heterocycles. The molecule has 0 saturated carbocycles. The van der Waals surface area contributed by atoms with Gasteiger partial charge in [-0.2, -0.15) is 0 Å². The van der Waals surface area contributed by atoms with Gasteiger partial charge in [0.1, 0.15) is 0 Å². The normalized spacial score (nSPS) is 20.3. The second kappa shape index (κ2) is 4.96. The summed E-state index contributed by atoms with van der Waals surface area (Å²) in [6.07, 6.45) is 0. The lowest BCUT2D eigenvalue weighted by Gasteiger charge is -2.33. The van der Waals surface area contributed by atoms with Crippen LogP contribution in [0.15, 0.2) is 42.5 Å². The van der Waals surface area contributed by atoms with Crippen LogP contribution in [0, 0.1) is 13.8 Å². The summed E-state index contributed by atoms with van der Waals surface area (Å²) < 4.78 is 0. The van der Waals surface area contributed by atoms with Gasteiger partial charge in [0.05, 0.1) is 5.69 Å². The van der Waals surface area contributed by atoms with Crippen molar-refractivity contribution in [3.63, 3.8) is 0 Å². The molecule has 112 valence electrons. The molecule has 0 aliphatic carbocycles. The van der Waals surface area contributed by atoms with Crippen LogP contribution in [0.5, 0.6) is 0 Å². The highest BCUT2D eigenvalue weighted by molar-refractivity contribution is 6.27. The van der Waals surface area contributed by atoms with Gasteiger partial charge in [-0.05, 0) is 37.1 Å². The topological polar surface area (TPSA) is 78.4 Å². The van der Waals surface area contributed by atoms with Gasteiger partial charge in [-0.1, -0.05) is 30.3 Å². The number of nitrogens with one attached hydrogen (secondary N) is 2. The van der Waals surface area contributed by atoms with Gasteiger partial charge >= 0.3 is 0 Å². The minimum absolute atomic E-state index is 0.281. The molecule has 1 atom stereocenters. The van der Waals surface area contributed by atoms with Crippen LogP contribution in [0.25, 0.3) is 0 Å². The second-order valence-electron chi connectivity index (χ2n) is 5.43. The van der Waals surface area contributed by atoms with Crippen molar-refractivity contribution in [1.29, 1.82) is 0 Å². The molecule has 0 radical (unpaired) electrons. The van der Waals surface area contributed by atoms with Gasteiger partial charge in [0, 0.05) is 11.3 Å². The van der Waals surface area contributed by atoms with Gasteiger partial charge in [0.25, 0.3) is 11.6 Å². The third-order valence-electron chi connectivity index (χ3n) is 3.86. The lowest BCUT2D eigenvalue weighted by Crippen LogP contribution is -2.58. The fourth-order valence-electron chi connectivity index (χ4n) is 2.61. The Morgan fingerprint density at radius 1 is 1.00 bits per heavy atom. The van der Waals surface area contributed by atoms with E-state index in [9.17, 15) is 14.7 Å². The first-order valence-corrected chi connectivity index (χ1v) is 6.95. The summed E-state index contributed by atoms with van der Waals surface area (Å²) in [5.41, 5.74) is 0.632. The molecule has 1 amide bonds. The van der Waals surface area contributed by atoms with Crippen molar-refractivity contribution >= 4 is 23.1 Å². The van der Waals surface area contributed by atoms with E-state index < -0.39 is 17.4 Å². The number of hydrogen-bond acceptors (Lipinski definition) is 4. The van der Waals surface area contributed by atoms with Crippen LogP contribution >= 0.6 is 0 Å². The van der Waals surface area contributed by atoms with E-state index in [2.05, 4.69) is 10.6 Å². The molecule has 3 rings (SSSR count). The zero-order valence-corrected chi connectivity index (χ0v) is 12.3. The number of ketones is 1. The molecule has 0 aromatic heterocycles. The summed E-state index contributed by atoms with van der Waals surface area (Å²) in [6, 6.07) is 12.2. The number of carbonyl (C=O) groups is 2. The third kappa shape index (κ3) is 2.07. The Bertz CT molecular complexity index is 765. The lowest BCUT2D eigenvalue weighted by molar-refractivity contribution is -0.128. The zero-order valence-electron chi connectivity index (χ0n) is 12.3. The number of amides is 1. The number of anilines is 2. The van der Waals surface area contributed by atoms with E-state index in [0.29, 0.717) is 11.4 Å². The Morgan fingerprint density at radius 3 is 2.32 bits per heavy atom. The van der Waals surface area contributed by atoms with Gasteiger partial charge in [-0.15, -0.1) is 0 Å². The Labute approximate surface area is 128 Å². The average molecular weight is 296 g/mol. The summed E-state index contributed by atoms with van der Waals surface area (Å²) in [5.74, 6) is -1.44. The van der Waals surface area contributed by atoms with Crippen molar-refractivity contribution in [2.75, 3.05) is 10.6 Å². The molecule has 2 aromatic rings. The van der Waals surface area contributed by atoms with E-state index in [1.807, 2.05) is 32.0 Å². The summed E-state index contributed by atoms with van der Waals surface area (Å²) in [5, 5.41) is 16.0. The highest BCUT2D eigenvalue weighted by Gasteiger charge is 2.49. The van der Waals surface area contributed by atoms with Gasteiger partial charge in [-0.25, -0.2) is 0 Å². The van der Waals surface area contributed by atoms with E-state index in [-0.39, 0.29) is 5.56 Å². The Morgan fingerprint density at radius 2 is 1.64 bits per heavy atom. The van der Waals surface area contributed by atoms with Gasteiger partial charge in [0.2, 0.25) is 5.78 Å². The van der Waals surface area contributed by atoms with Crippen LogP contribution in [0.3, 0.4) is 0 Å². The Kier molecular flexibility index (Phi) is 3.22. The van der Waals surface area contributed by atoms with Gasteiger partial charge in [0.15, 0.2) is 0 Å². The SMILES string of the molecule is Cc1cccc(C)c1NC1(O)C(=O)Nc2ccccc2C1=O.